The molecule has 1 aliphatic rings. The van der Waals surface area contributed by atoms with Gasteiger partial charge in [-0.05, 0) is 55.8 Å². The summed E-state index contributed by atoms with van der Waals surface area (Å²) in [6.07, 6.45) is 0.191. The van der Waals surface area contributed by atoms with Crippen molar-refractivity contribution in [1.82, 2.24) is 15.1 Å². The van der Waals surface area contributed by atoms with Crippen molar-refractivity contribution in [2.45, 2.75) is 32.2 Å². The average molecular weight is 466 g/mol. The minimum atomic E-state index is -0.712. The first-order valence-electron chi connectivity index (χ1n) is 11.6. The van der Waals surface area contributed by atoms with Crippen LogP contribution < -0.4 is 10.1 Å². The zero-order chi connectivity index (χ0) is 24.5. The van der Waals surface area contributed by atoms with Gasteiger partial charge in [0.2, 0.25) is 0 Å². The van der Waals surface area contributed by atoms with Crippen LogP contribution in [-0.2, 0) is 11.2 Å². The Bertz CT molecular complexity index is 1390. The maximum atomic E-state index is 13.6. The number of methoxy groups -OCH3 is 1. The van der Waals surface area contributed by atoms with Crippen molar-refractivity contribution in [3.05, 3.63) is 113 Å². The zero-order valence-electron chi connectivity index (χ0n) is 20.0. The highest BCUT2D eigenvalue weighted by Gasteiger charge is 2.41. The van der Waals surface area contributed by atoms with E-state index >= 15 is 0 Å². The van der Waals surface area contributed by atoms with Gasteiger partial charge in [0.1, 0.15) is 5.75 Å². The number of fused-ring (bicyclic) bond motifs is 1. The number of nitrogens with zero attached hydrogens (tertiary/aromatic N) is 2. The van der Waals surface area contributed by atoms with Crippen LogP contribution in [0.2, 0.25) is 0 Å². The topological polar surface area (TPSA) is 73.2 Å². The van der Waals surface area contributed by atoms with E-state index in [-0.39, 0.29) is 24.0 Å². The molecular formula is C29H27N3O3. The molecular weight excluding hydrogens is 438 g/mol. The number of para-hydroxylation sites is 1. The van der Waals surface area contributed by atoms with Gasteiger partial charge >= 0.3 is 0 Å². The quantitative estimate of drug-likeness (QED) is 0.469. The molecule has 1 aromatic heterocycles. The highest BCUT2D eigenvalue weighted by molar-refractivity contribution is 6.00. The fourth-order valence-electron chi connectivity index (χ4n) is 4.92. The molecule has 176 valence electrons. The Labute approximate surface area is 204 Å². The lowest BCUT2D eigenvalue weighted by molar-refractivity contribution is -0.121. The molecule has 4 aromatic rings. The first-order chi connectivity index (χ1) is 17.0. The number of hydrogen-bond acceptors (Lipinski definition) is 4. The number of hydrogen-bond donors (Lipinski definition) is 1. The van der Waals surface area contributed by atoms with E-state index in [1.54, 1.807) is 13.2 Å². The number of aromatic nitrogens is 2. The first-order valence-corrected chi connectivity index (χ1v) is 11.6. The summed E-state index contributed by atoms with van der Waals surface area (Å²) in [7, 11) is 1.62. The summed E-state index contributed by atoms with van der Waals surface area (Å²) in [6.45, 7) is 3.90. The highest BCUT2D eigenvalue weighted by atomic mass is 16.5. The predicted molar refractivity (Wildman–Crippen MR) is 134 cm³/mol. The van der Waals surface area contributed by atoms with Crippen molar-refractivity contribution in [2.24, 2.45) is 0 Å². The van der Waals surface area contributed by atoms with Gasteiger partial charge in [0, 0.05) is 17.0 Å². The van der Waals surface area contributed by atoms with Crippen molar-refractivity contribution in [3.8, 4) is 11.4 Å². The van der Waals surface area contributed by atoms with Gasteiger partial charge in [-0.15, -0.1) is 0 Å². The molecule has 0 saturated carbocycles. The second-order valence-electron chi connectivity index (χ2n) is 8.91. The lowest BCUT2D eigenvalue weighted by Gasteiger charge is -2.32. The first kappa shape index (κ1) is 22.6. The molecule has 0 bridgehead atoms. The van der Waals surface area contributed by atoms with E-state index in [9.17, 15) is 9.59 Å². The van der Waals surface area contributed by atoms with Crippen molar-refractivity contribution in [3.63, 3.8) is 0 Å². The van der Waals surface area contributed by atoms with Crippen LogP contribution in [0.25, 0.3) is 5.69 Å². The largest absolute Gasteiger partial charge is 0.497 e. The van der Waals surface area contributed by atoms with Gasteiger partial charge in [0.05, 0.1) is 36.6 Å². The summed E-state index contributed by atoms with van der Waals surface area (Å²) in [5.74, 6) is 0.0510. The van der Waals surface area contributed by atoms with Crippen molar-refractivity contribution in [2.75, 3.05) is 7.11 Å². The summed E-state index contributed by atoms with van der Waals surface area (Å²) >= 11 is 0. The SMILES string of the molecule is COc1ccc([C@@H]2c3c(C)nn(-c4ccccc4)c3CC(=O)[C@H]2NC(=O)c2cccc(C)c2)cc1. The molecule has 0 spiro atoms. The lowest BCUT2D eigenvalue weighted by atomic mass is 9.76. The predicted octanol–water partition coefficient (Wildman–Crippen LogP) is 4.55. The number of ether oxygens (including phenoxy) is 1. The molecule has 0 aliphatic heterocycles. The summed E-state index contributed by atoms with van der Waals surface area (Å²) in [5, 5.41) is 7.87. The van der Waals surface area contributed by atoms with E-state index in [2.05, 4.69) is 5.32 Å². The monoisotopic (exact) mass is 465 g/mol. The van der Waals surface area contributed by atoms with Gasteiger partial charge in [-0.3, -0.25) is 9.59 Å². The molecule has 3 aromatic carbocycles. The number of carbonyl (C=O) groups excluding carboxylic acids is 2. The molecule has 5 rings (SSSR count). The van der Waals surface area contributed by atoms with Crippen LogP contribution in [0.15, 0.2) is 78.9 Å². The summed E-state index contributed by atoms with van der Waals surface area (Å²) in [4.78, 5) is 26.8. The van der Waals surface area contributed by atoms with Gasteiger partial charge in [-0.2, -0.15) is 5.10 Å². The average Bonchev–Trinajstić information content (AvgIpc) is 3.20. The molecule has 1 amide bonds. The number of Topliss-reactive ketones (excluding diaryl/α,β-unsaturated/α-hetero) is 1. The maximum Gasteiger partial charge on any atom is 0.251 e. The molecule has 1 N–H and O–H groups in total. The molecule has 0 radical (unpaired) electrons. The molecule has 35 heavy (non-hydrogen) atoms. The fraction of sp³-hybridized carbons (Fsp3) is 0.207. The Balaban J connectivity index is 1.62. The van der Waals surface area contributed by atoms with Crippen LogP contribution in [0, 0.1) is 13.8 Å². The van der Waals surface area contributed by atoms with Gasteiger partial charge < -0.3 is 10.1 Å². The molecule has 2 atom stereocenters. The van der Waals surface area contributed by atoms with Crippen LogP contribution in [-0.4, -0.2) is 34.6 Å². The lowest BCUT2D eigenvalue weighted by Crippen LogP contribution is -2.48. The Kier molecular flexibility index (Phi) is 5.95. The molecule has 6 nitrogen and oxygen atoms in total. The normalized spacial score (nSPS) is 17.1. The maximum absolute atomic E-state index is 13.6. The van der Waals surface area contributed by atoms with Crippen LogP contribution in [0.4, 0.5) is 0 Å². The molecule has 1 aliphatic carbocycles. The zero-order valence-corrected chi connectivity index (χ0v) is 20.0. The fourth-order valence-corrected chi connectivity index (χ4v) is 4.92. The summed E-state index contributed by atoms with van der Waals surface area (Å²) in [6, 6.07) is 24.2. The van der Waals surface area contributed by atoms with E-state index in [0.29, 0.717) is 5.56 Å². The number of carbonyl (C=O) groups is 2. The molecule has 0 saturated heterocycles. The van der Waals surface area contributed by atoms with Crippen molar-refractivity contribution in [1.29, 1.82) is 0 Å². The third-order valence-electron chi connectivity index (χ3n) is 6.58. The second kappa shape index (κ2) is 9.22. The summed E-state index contributed by atoms with van der Waals surface area (Å²) in [5.41, 5.74) is 6.03. The van der Waals surface area contributed by atoms with Crippen LogP contribution in [0.5, 0.6) is 5.75 Å². The summed E-state index contributed by atoms with van der Waals surface area (Å²) < 4.78 is 7.20. The number of ketones is 1. The van der Waals surface area contributed by atoms with Gasteiger partial charge in [-0.1, -0.05) is 48.0 Å². The number of aryl methyl sites for hydroxylation is 2. The Morgan fingerprint density at radius 3 is 2.43 bits per heavy atom. The second-order valence-corrected chi connectivity index (χ2v) is 8.91. The minimum absolute atomic E-state index is 0.0450. The number of amides is 1. The molecule has 0 unspecified atom stereocenters. The van der Waals surface area contributed by atoms with E-state index in [4.69, 9.17) is 9.84 Å². The van der Waals surface area contributed by atoms with Crippen LogP contribution in [0.1, 0.15) is 44.4 Å². The highest BCUT2D eigenvalue weighted by Crippen LogP contribution is 2.39. The van der Waals surface area contributed by atoms with E-state index in [1.807, 2.05) is 91.3 Å². The number of benzene rings is 3. The number of nitrogens with one attached hydrogen (secondary N) is 1. The van der Waals surface area contributed by atoms with Gasteiger partial charge in [0.15, 0.2) is 5.78 Å². The van der Waals surface area contributed by atoms with E-state index < -0.39 is 6.04 Å². The van der Waals surface area contributed by atoms with Gasteiger partial charge in [0.25, 0.3) is 5.91 Å². The third kappa shape index (κ3) is 4.23. The Morgan fingerprint density at radius 2 is 1.74 bits per heavy atom. The van der Waals surface area contributed by atoms with Crippen molar-refractivity contribution >= 4 is 11.7 Å². The van der Waals surface area contributed by atoms with Crippen LogP contribution >= 0.6 is 0 Å². The van der Waals surface area contributed by atoms with Gasteiger partial charge in [-0.25, -0.2) is 4.68 Å². The Hall–Kier alpha value is -4.19. The Morgan fingerprint density at radius 1 is 1.00 bits per heavy atom. The minimum Gasteiger partial charge on any atom is -0.497 e. The molecule has 1 heterocycles. The number of rotatable bonds is 5. The van der Waals surface area contributed by atoms with E-state index in [0.717, 1.165) is 39.5 Å². The third-order valence-corrected chi connectivity index (χ3v) is 6.58. The van der Waals surface area contributed by atoms with Crippen molar-refractivity contribution < 1.29 is 14.3 Å². The molecule has 0 fully saturated rings. The smallest absolute Gasteiger partial charge is 0.251 e. The van der Waals surface area contributed by atoms with Crippen LogP contribution in [0.3, 0.4) is 0 Å². The standard InChI is InChI=1S/C29H27N3O3/c1-18-8-7-9-21(16-18)29(34)30-28-25(33)17-24-26(27(28)20-12-14-23(35-3)15-13-20)19(2)31-32(24)22-10-5-4-6-11-22/h4-16,27-28H,17H2,1-3H3,(H,30,34)/t27-,28-/m1/s1. The molecule has 6 heteroatoms. The van der Waals surface area contributed by atoms with E-state index in [1.165, 1.54) is 0 Å².